The van der Waals surface area contributed by atoms with Crippen LogP contribution in [-0.2, 0) is 17.7 Å². The maximum absolute atomic E-state index is 5.32. The minimum absolute atomic E-state index is 0.101. The van der Waals surface area contributed by atoms with Gasteiger partial charge in [-0.25, -0.2) is 4.98 Å². The molecule has 3 nitrogen and oxygen atoms in total. The summed E-state index contributed by atoms with van der Waals surface area (Å²) < 4.78 is 5.32. The molecule has 98 valence electrons. The van der Waals surface area contributed by atoms with Crippen molar-refractivity contribution < 1.29 is 4.74 Å². The fourth-order valence-electron chi connectivity index (χ4n) is 1.57. The van der Waals surface area contributed by atoms with Crippen LogP contribution in [-0.4, -0.2) is 18.6 Å². The van der Waals surface area contributed by atoms with Crippen LogP contribution >= 0.6 is 11.3 Å². The minimum atomic E-state index is 0.101. The smallest absolute Gasteiger partial charge is 0.122 e. The van der Waals surface area contributed by atoms with Crippen LogP contribution in [0.5, 0.6) is 0 Å². The molecule has 0 radical (unpaired) electrons. The van der Waals surface area contributed by atoms with Crippen molar-refractivity contribution in [2.75, 3.05) is 13.7 Å². The Hall–Kier alpha value is -0.450. The van der Waals surface area contributed by atoms with E-state index in [1.54, 1.807) is 18.4 Å². The highest BCUT2D eigenvalue weighted by molar-refractivity contribution is 7.11. The normalized spacial score (nSPS) is 13.3. The maximum atomic E-state index is 5.32. The SMILES string of the molecule is CCc1nc(C(C)OC)sc1CNCC(C)C. The summed E-state index contributed by atoms with van der Waals surface area (Å²) in [6.07, 6.45) is 1.09. The number of nitrogens with zero attached hydrogens (tertiary/aromatic N) is 1. The lowest BCUT2D eigenvalue weighted by molar-refractivity contribution is 0.119. The Bertz CT molecular complexity index is 336. The lowest BCUT2D eigenvalue weighted by atomic mass is 10.2. The van der Waals surface area contributed by atoms with E-state index < -0.39 is 0 Å². The van der Waals surface area contributed by atoms with Gasteiger partial charge in [0, 0.05) is 18.5 Å². The summed E-state index contributed by atoms with van der Waals surface area (Å²) in [5, 5.41) is 4.56. The second-order valence-corrected chi connectivity index (χ2v) is 5.79. The van der Waals surface area contributed by atoms with E-state index >= 15 is 0 Å². The molecule has 1 heterocycles. The quantitative estimate of drug-likeness (QED) is 0.813. The first-order valence-corrected chi connectivity index (χ1v) is 7.12. The van der Waals surface area contributed by atoms with E-state index in [0.29, 0.717) is 5.92 Å². The number of nitrogens with one attached hydrogen (secondary N) is 1. The monoisotopic (exact) mass is 256 g/mol. The van der Waals surface area contributed by atoms with E-state index in [1.165, 1.54) is 10.6 Å². The van der Waals surface area contributed by atoms with Crippen LogP contribution in [0.3, 0.4) is 0 Å². The Kier molecular flexibility index (Phi) is 6.09. The number of aryl methyl sites for hydroxylation is 1. The number of hydrogen-bond acceptors (Lipinski definition) is 4. The third-order valence-electron chi connectivity index (χ3n) is 2.67. The molecule has 1 aromatic heterocycles. The van der Waals surface area contributed by atoms with Crippen LogP contribution in [0.2, 0.25) is 0 Å². The molecule has 0 aliphatic carbocycles. The van der Waals surface area contributed by atoms with E-state index in [0.717, 1.165) is 24.5 Å². The summed E-state index contributed by atoms with van der Waals surface area (Å²) in [5.74, 6) is 0.686. The Morgan fingerprint density at radius 2 is 2.06 bits per heavy atom. The van der Waals surface area contributed by atoms with Gasteiger partial charge in [0.1, 0.15) is 11.1 Å². The minimum Gasteiger partial charge on any atom is -0.375 e. The van der Waals surface area contributed by atoms with Gasteiger partial charge in [0.2, 0.25) is 0 Å². The fourth-order valence-corrected chi connectivity index (χ4v) is 2.72. The third kappa shape index (κ3) is 4.37. The summed E-state index contributed by atoms with van der Waals surface area (Å²) in [4.78, 5) is 6.00. The first-order chi connectivity index (χ1) is 8.08. The second-order valence-electron chi connectivity index (χ2n) is 4.68. The molecule has 1 aromatic rings. The van der Waals surface area contributed by atoms with Gasteiger partial charge in [-0.15, -0.1) is 11.3 Å². The predicted octanol–water partition coefficient (Wildman–Crippen LogP) is 3.16. The Balaban J connectivity index is 2.66. The average molecular weight is 256 g/mol. The topological polar surface area (TPSA) is 34.1 Å². The Labute approximate surface area is 109 Å². The summed E-state index contributed by atoms with van der Waals surface area (Å²) in [5.41, 5.74) is 1.21. The highest BCUT2D eigenvalue weighted by atomic mass is 32.1. The van der Waals surface area contributed by atoms with Gasteiger partial charge in [0.05, 0.1) is 5.69 Å². The maximum Gasteiger partial charge on any atom is 0.122 e. The molecule has 0 aromatic carbocycles. The lowest BCUT2D eigenvalue weighted by Gasteiger charge is -2.06. The van der Waals surface area contributed by atoms with Crippen molar-refractivity contribution in [2.45, 2.75) is 46.8 Å². The molecule has 4 heteroatoms. The molecule has 1 N–H and O–H groups in total. The number of thiazole rings is 1. The predicted molar refractivity (Wildman–Crippen MR) is 73.5 cm³/mol. The van der Waals surface area contributed by atoms with Crippen LogP contribution in [0.25, 0.3) is 0 Å². The zero-order chi connectivity index (χ0) is 12.8. The molecule has 1 rings (SSSR count). The molecule has 0 bridgehead atoms. The van der Waals surface area contributed by atoms with Crippen molar-refractivity contribution in [3.05, 3.63) is 15.6 Å². The Morgan fingerprint density at radius 1 is 1.35 bits per heavy atom. The van der Waals surface area contributed by atoms with E-state index in [9.17, 15) is 0 Å². The Morgan fingerprint density at radius 3 is 2.59 bits per heavy atom. The van der Waals surface area contributed by atoms with E-state index in [2.05, 4.69) is 31.1 Å². The molecule has 1 unspecified atom stereocenters. The van der Waals surface area contributed by atoms with Gasteiger partial charge < -0.3 is 10.1 Å². The molecule has 0 fully saturated rings. The highest BCUT2D eigenvalue weighted by Gasteiger charge is 2.14. The summed E-state index contributed by atoms with van der Waals surface area (Å²) in [6.45, 7) is 10.6. The molecular formula is C13H24N2OS. The van der Waals surface area contributed by atoms with Gasteiger partial charge in [-0.1, -0.05) is 20.8 Å². The van der Waals surface area contributed by atoms with Crippen molar-refractivity contribution >= 4 is 11.3 Å². The number of aromatic nitrogens is 1. The third-order valence-corrected chi connectivity index (χ3v) is 3.93. The molecule has 0 saturated carbocycles. The fraction of sp³-hybridized carbons (Fsp3) is 0.769. The average Bonchev–Trinajstić information content (AvgIpc) is 2.71. The molecule has 0 saturated heterocycles. The molecule has 17 heavy (non-hydrogen) atoms. The molecule has 0 aliphatic rings. The van der Waals surface area contributed by atoms with E-state index in [4.69, 9.17) is 4.74 Å². The van der Waals surface area contributed by atoms with Crippen molar-refractivity contribution in [1.29, 1.82) is 0 Å². The number of rotatable bonds is 7. The van der Waals surface area contributed by atoms with Gasteiger partial charge in [0.15, 0.2) is 0 Å². The summed E-state index contributed by atoms with van der Waals surface area (Å²) in [7, 11) is 1.73. The van der Waals surface area contributed by atoms with Crippen molar-refractivity contribution in [3.8, 4) is 0 Å². The van der Waals surface area contributed by atoms with Crippen molar-refractivity contribution in [3.63, 3.8) is 0 Å². The van der Waals surface area contributed by atoms with Crippen LogP contribution < -0.4 is 5.32 Å². The van der Waals surface area contributed by atoms with Gasteiger partial charge in [-0.3, -0.25) is 0 Å². The number of methoxy groups -OCH3 is 1. The van der Waals surface area contributed by atoms with Gasteiger partial charge in [-0.2, -0.15) is 0 Å². The zero-order valence-electron chi connectivity index (χ0n) is 11.5. The standard InChI is InChI=1S/C13H24N2OS/c1-6-11-12(8-14-7-9(2)3)17-13(15-11)10(4)16-5/h9-10,14H,6-8H2,1-5H3. The van der Waals surface area contributed by atoms with Gasteiger partial charge in [-0.05, 0) is 25.8 Å². The van der Waals surface area contributed by atoms with E-state index in [1.807, 2.05) is 6.92 Å². The summed E-state index contributed by atoms with van der Waals surface area (Å²) >= 11 is 1.77. The zero-order valence-corrected chi connectivity index (χ0v) is 12.4. The molecule has 0 aliphatic heterocycles. The van der Waals surface area contributed by atoms with Crippen LogP contribution in [0.15, 0.2) is 0 Å². The van der Waals surface area contributed by atoms with Crippen LogP contribution in [0, 0.1) is 5.92 Å². The van der Waals surface area contributed by atoms with Gasteiger partial charge >= 0.3 is 0 Å². The van der Waals surface area contributed by atoms with Crippen LogP contribution in [0.1, 0.15) is 49.4 Å². The molecule has 1 atom stereocenters. The van der Waals surface area contributed by atoms with Crippen LogP contribution in [0.4, 0.5) is 0 Å². The molecular weight excluding hydrogens is 232 g/mol. The first kappa shape index (κ1) is 14.6. The molecule has 0 amide bonds. The second kappa shape index (κ2) is 7.09. The first-order valence-electron chi connectivity index (χ1n) is 6.30. The lowest BCUT2D eigenvalue weighted by Crippen LogP contribution is -2.18. The van der Waals surface area contributed by atoms with Gasteiger partial charge in [0.25, 0.3) is 0 Å². The highest BCUT2D eigenvalue weighted by Crippen LogP contribution is 2.25. The van der Waals surface area contributed by atoms with E-state index in [-0.39, 0.29) is 6.10 Å². The summed E-state index contributed by atoms with van der Waals surface area (Å²) in [6, 6.07) is 0. The molecule has 0 spiro atoms. The largest absolute Gasteiger partial charge is 0.375 e. The van der Waals surface area contributed by atoms with Crippen molar-refractivity contribution in [1.82, 2.24) is 10.3 Å². The number of ether oxygens (including phenoxy) is 1. The van der Waals surface area contributed by atoms with Crippen molar-refractivity contribution in [2.24, 2.45) is 5.92 Å². The number of hydrogen-bond donors (Lipinski definition) is 1.